The van der Waals surface area contributed by atoms with Crippen LogP contribution < -0.4 is 9.47 Å². The SMILES string of the molecule is C=CC[C@@H](CC)CS(=O)(=O)N(Cc1ccc(C)cc1)Cc1ccc(OC)cc1.C=CC[C@H](CC)CS(=O)(=O)N(Cc1ccc(C)cc1)Cc1ccc(OC)cc1. The van der Waals surface area contributed by atoms with Crippen LogP contribution in [0.3, 0.4) is 0 Å². The number of methoxy groups -OCH3 is 2. The van der Waals surface area contributed by atoms with Gasteiger partial charge in [-0.05, 0) is 85.0 Å². The average Bonchev–Trinajstić information content (AvgIpc) is 3.19. The monoisotopic (exact) mass is 802 g/mol. The van der Waals surface area contributed by atoms with E-state index in [2.05, 4.69) is 13.2 Å². The highest BCUT2D eigenvalue weighted by Crippen LogP contribution is 2.23. The molecule has 0 radical (unpaired) electrons. The fraction of sp³-hybridized carbons (Fsp3) is 0.391. The van der Waals surface area contributed by atoms with Crippen LogP contribution in [0.4, 0.5) is 0 Å². The topological polar surface area (TPSA) is 93.2 Å². The molecule has 2 atom stereocenters. The Balaban J connectivity index is 0.000000300. The second-order valence-corrected chi connectivity index (χ2v) is 18.4. The highest BCUT2D eigenvalue weighted by molar-refractivity contribution is 7.89. The van der Waals surface area contributed by atoms with Crippen LogP contribution in [0.1, 0.15) is 72.9 Å². The maximum Gasteiger partial charge on any atom is 0.214 e. The van der Waals surface area contributed by atoms with Gasteiger partial charge in [-0.25, -0.2) is 16.8 Å². The van der Waals surface area contributed by atoms with E-state index in [1.54, 1.807) is 35.0 Å². The predicted molar refractivity (Wildman–Crippen MR) is 232 cm³/mol. The molecule has 0 saturated heterocycles. The van der Waals surface area contributed by atoms with Gasteiger partial charge in [0.25, 0.3) is 0 Å². The normalized spacial score (nSPS) is 12.7. The quantitative estimate of drug-likeness (QED) is 0.0735. The standard InChI is InChI=1S/2C23H31NO3S/c2*1-5-7-20(6-2)18-28(25,26)24(16-21-10-8-19(3)9-11-21)17-22-12-14-23(27-4)15-13-22/h2*5,8-15,20H,1,6-7,16-18H2,2-4H3/t2*20-/m10/s1. The van der Waals surface area contributed by atoms with Crippen molar-refractivity contribution in [1.82, 2.24) is 8.61 Å². The molecule has 0 fully saturated rings. The number of hydrogen-bond acceptors (Lipinski definition) is 6. The molecule has 0 aromatic heterocycles. The molecule has 8 nitrogen and oxygen atoms in total. The summed E-state index contributed by atoms with van der Waals surface area (Å²) < 4.78 is 66.5. The first-order valence-corrected chi connectivity index (χ1v) is 22.5. The Hall–Kier alpha value is -4.22. The minimum absolute atomic E-state index is 0.0823. The summed E-state index contributed by atoms with van der Waals surface area (Å²) in [5.74, 6) is 1.95. The van der Waals surface area contributed by atoms with E-state index in [0.717, 1.165) is 57.7 Å². The third kappa shape index (κ3) is 15.4. The van der Waals surface area contributed by atoms with E-state index >= 15 is 0 Å². The van der Waals surface area contributed by atoms with Crippen molar-refractivity contribution in [2.45, 2.75) is 79.6 Å². The van der Waals surface area contributed by atoms with Crippen LogP contribution in [0.15, 0.2) is 122 Å². The maximum atomic E-state index is 13.2. The summed E-state index contributed by atoms with van der Waals surface area (Å²) in [6, 6.07) is 31.1. The summed E-state index contributed by atoms with van der Waals surface area (Å²) in [5, 5.41) is 0. The molecular weight excluding hydrogens is 741 g/mol. The van der Waals surface area contributed by atoms with Crippen molar-refractivity contribution in [3.8, 4) is 11.5 Å². The van der Waals surface area contributed by atoms with Crippen LogP contribution in [0.25, 0.3) is 0 Å². The largest absolute Gasteiger partial charge is 0.497 e. The Morgan fingerprint density at radius 3 is 1.02 bits per heavy atom. The van der Waals surface area contributed by atoms with E-state index in [0.29, 0.717) is 39.0 Å². The molecule has 0 bridgehead atoms. The van der Waals surface area contributed by atoms with E-state index in [9.17, 15) is 16.8 Å². The van der Waals surface area contributed by atoms with Crippen molar-refractivity contribution in [1.29, 1.82) is 0 Å². The van der Waals surface area contributed by atoms with Crippen molar-refractivity contribution >= 4 is 20.0 Å². The van der Waals surface area contributed by atoms with Gasteiger partial charge in [-0.15, -0.1) is 13.2 Å². The van der Waals surface area contributed by atoms with Crippen molar-refractivity contribution in [2.24, 2.45) is 11.8 Å². The van der Waals surface area contributed by atoms with Crippen LogP contribution in [0.2, 0.25) is 0 Å². The molecule has 0 heterocycles. The number of ether oxygens (including phenoxy) is 2. The smallest absolute Gasteiger partial charge is 0.214 e. The summed E-state index contributed by atoms with van der Waals surface area (Å²) in [5.41, 5.74) is 6.16. The lowest BCUT2D eigenvalue weighted by Crippen LogP contribution is -2.34. The first-order valence-electron chi connectivity index (χ1n) is 19.3. The zero-order valence-corrected chi connectivity index (χ0v) is 35.8. The Kier molecular flexibility index (Phi) is 19.1. The van der Waals surface area contributed by atoms with Gasteiger partial charge in [0, 0.05) is 26.2 Å². The average molecular weight is 803 g/mol. The van der Waals surface area contributed by atoms with Gasteiger partial charge in [0.2, 0.25) is 20.0 Å². The molecule has 0 amide bonds. The summed E-state index contributed by atoms with van der Waals surface area (Å²) >= 11 is 0. The molecule has 0 aliphatic heterocycles. The van der Waals surface area contributed by atoms with Crippen LogP contribution in [0, 0.1) is 25.7 Å². The summed E-state index contributed by atoms with van der Waals surface area (Å²) in [6.45, 7) is 17.0. The van der Waals surface area contributed by atoms with Crippen LogP contribution >= 0.6 is 0 Å². The van der Waals surface area contributed by atoms with Gasteiger partial charge in [0.05, 0.1) is 25.7 Å². The van der Waals surface area contributed by atoms with E-state index in [4.69, 9.17) is 9.47 Å². The molecule has 56 heavy (non-hydrogen) atoms. The maximum absolute atomic E-state index is 13.2. The second-order valence-electron chi connectivity index (χ2n) is 14.4. The molecule has 4 rings (SSSR count). The third-order valence-electron chi connectivity index (χ3n) is 9.83. The Bertz CT molecular complexity index is 1830. The molecule has 4 aromatic rings. The fourth-order valence-corrected chi connectivity index (χ4v) is 9.89. The number of aryl methyl sites for hydroxylation is 2. The third-order valence-corrected chi connectivity index (χ3v) is 13.7. The Labute approximate surface area is 338 Å². The lowest BCUT2D eigenvalue weighted by Gasteiger charge is -2.25. The molecule has 304 valence electrons. The minimum Gasteiger partial charge on any atom is -0.497 e. The summed E-state index contributed by atoms with van der Waals surface area (Å²) in [6.07, 6.45) is 6.64. The van der Waals surface area contributed by atoms with E-state index in [1.165, 1.54) is 0 Å². The number of hydrogen-bond donors (Lipinski definition) is 0. The fourth-order valence-electron chi connectivity index (χ4n) is 6.15. The number of nitrogens with zero attached hydrogens (tertiary/aromatic N) is 2. The Morgan fingerprint density at radius 1 is 0.518 bits per heavy atom. The predicted octanol–water partition coefficient (Wildman–Crippen LogP) is 9.88. The van der Waals surface area contributed by atoms with Gasteiger partial charge in [0.1, 0.15) is 11.5 Å². The molecule has 0 spiro atoms. The van der Waals surface area contributed by atoms with Crippen LogP contribution in [0.5, 0.6) is 11.5 Å². The van der Waals surface area contributed by atoms with Crippen LogP contribution in [-0.4, -0.2) is 51.2 Å². The minimum atomic E-state index is -3.42. The number of rotatable bonds is 22. The molecule has 0 unspecified atom stereocenters. The molecule has 10 heteroatoms. The van der Waals surface area contributed by atoms with Crippen LogP contribution in [-0.2, 0) is 46.2 Å². The van der Waals surface area contributed by atoms with Crippen molar-refractivity contribution < 1.29 is 26.3 Å². The molecule has 0 N–H and O–H groups in total. The van der Waals surface area contributed by atoms with E-state index in [-0.39, 0.29) is 23.3 Å². The van der Waals surface area contributed by atoms with Crippen molar-refractivity contribution in [2.75, 3.05) is 25.7 Å². The van der Waals surface area contributed by atoms with Gasteiger partial charge < -0.3 is 9.47 Å². The van der Waals surface area contributed by atoms with E-state index < -0.39 is 20.0 Å². The van der Waals surface area contributed by atoms with E-state index in [1.807, 2.05) is 125 Å². The van der Waals surface area contributed by atoms with Gasteiger partial charge in [0.15, 0.2) is 0 Å². The summed E-state index contributed by atoms with van der Waals surface area (Å²) in [7, 11) is -3.61. The zero-order chi connectivity index (χ0) is 41.1. The highest BCUT2D eigenvalue weighted by Gasteiger charge is 2.27. The lowest BCUT2D eigenvalue weighted by atomic mass is 10.1. The number of allylic oxidation sites excluding steroid dienone is 2. The Morgan fingerprint density at radius 2 is 0.786 bits per heavy atom. The molecule has 0 saturated carbocycles. The molecule has 0 aliphatic rings. The second kappa shape index (κ2) is 23.1. The van der Waals surface area contributed by atoms with Crippen molar-refractivity contribution in [3.05, 3.63) is 156 Å². The van der Waals surface area contributed by atoms with Gasteiger partial charge in [-0.2, -0.15) is 8.61 Å². The first kappa shape index (κ1) is 46.2. The number of sulfonamides is 2. The van der Waals surface area contributed by atoms with Gasteiger partial charge >= 0.3 is 0 Å². The highest BCUT2D eigenvalue weighted by atomic mass is 32.2. The number of benzene rings is 4. The lowest BCUT2D eigenvalue weighted by molar-refractivity contribution is 0.391. The summed E-state index contributed by atoms with van der Waals surface area (Å²) in [4.78, 5) is 0. The van der Waals surface area contributed by atoms with Gasteiger partial charge in [-0.1, -0.05) is 123 Å². The molecular formula is C46H62N2O6S2. The van der Waals surface area contributed by atoms with Gasteiger partial charge in [-0.3, -0.25) is 0 Å². The molecule has 4 aromatic carbocycles. The molecule has 0 aliphatic carbocycles. The van der Waals surface area contributed by atoms with Crippen molar-refractivity contribution in [3.63, 3.8) is 0 Å². The zero-order valence-electron chi connectivity index (χ0n) is 34.2. The first-order chi connectivity index (χ1) is 26.7.